The lowest BCUT2D eigenvalue weighted by atomic mass is 9.96. The van der Waals surface area contributed by atoms with E-state index in [1.54, 1.807) is 0 Å². The predicted molar refractivity (Wildman–Crippen MR) is 89.7 cm³/mol. The molecule has 25 heavy (non-hydrogen) atoms. The van der Waals surface area contributed by atoms with Crippen LogP contribution in [0.1, 0.15) is 32.2 Å². The number of benzene rings is 1. The summed E-state index contributed by atoms with van der Waals surface area (Å²) in [4.78, 5) is 12.0. The molecule has 0 saturated carbocycles. The molecule has 0 unspecified atom stereocenters. The lowest BCUT2D eigenvalue weighted by Gasteiger charge is -2.16. The first kappa shape index (κ1) is 19.1. The van der Waals surface area contributed by atoms with Crippen molar-refractivity contribution in [3.63, 3.8) is 0 Å². The average molecular weight is 373 g/mol. The minimum atomic E-state index is -4.55. The van der Waals surface area contributed by atoms with E-state index in [2.05, 4.69) is 15.5 Å². The molecule has 0 radical (unpaired) electrons. The summed E-state index contributed by atoms with van der Waals surface area (Å²) in [7, 11) is 0. The van der Waals surface area contributed by atoms with Gasteiger partial charge in [-0.25, -0.2) is 4.68 Å². The smallest absolute Gasteiger partial charge is 0.336 e. The Morgan fingerprint density at radius 3 is 2.44 bits per heavy atom. The molecule has 10 heteroatoms. The third-order valence-electron chi connectivity index (χ3n) is 3.17. The maximum absolute atomic E-state index is 12.9. The van der Waals surface area contributed by atoms with Crippen molar-refractivity contribution in [2.75, 3.05) is 16.9 Å². The zero-order chi connectivity index (χ0) is 18.8. The molecule has 0 bridgehead atoms. The van der Waals surface area contributed by atoms with Crippen LogP contribution in [0.2, 0.25) is 0 Å². The first-order valence-electron chi connectivity index (χ1n) is 7.30. The van der Waals surface area contributed by atoms with Crippen LogP contribution >= 0.6 is 11.8 Å². The number of nitrogens with one attached hydrogen (secondary N) is 1. The second-order valence-electron chi connectivity index (χ2n) is 6.31. The molecule has 2 rings (SSSR count). The lowest BCUT2D eigenvalue weighted by molar-refractivity contribution is -0.137. The number of aromatic nitrogens is 3. The molecule has 0 saturated heterocycles. The highest BCUT2D eigenvalue weighted by molar-refractivity contribution is 7.99. The van der Waals surface area contributed by atoms with E-state index in [1.165, 1.54) is 22.9 Å². The van der Waals surface area contributed by atoms with Crippen molar-refractivity contribution in [3.8, 4) is 0 Å². The number of para-hydroxylation sites is 1. The van der Waals surface area contributed by atoms with Gasteiger partial charge in [-0.15, -0.1) is 10.2 Å². The highest BCUT2D eigenvalue weighted by atomic mass is 32.2. The molecule has 0 aliphatic heterocycles. The van der Waals surface area contributed by atoms with Crippen molar-refractivity contribution < 1.29 is 18.0 Å². The van der Waals surface area contributed by atoms with Crippen molar-refractivity contribution in [2.45, 2.75) is 37.5 Å². The molecule has 1 aromatic carbocycles. The van der Waals surface area contributed by atoms with Crippen molar-refractivity contribution in [1.29, 1.82) is 0 Å². The monoisotopic (exact) mass is 373 g/mol. The van der Waals surface area contributed by atoms with Crippen molar-refractivity contribution in [3.05, 3.63) is 35.7 Å². The zero-order valence-corrected chi connectivity index (χ0v) is 14.7. The summed E-state index contributed by atoms with van der Waals surface area (Å²) >= 11 is 0.996. The lowest BCUT2D eigenvalue weighted by Crippen LogP contribution is -2.24. The topological polar surface area (TPSA) is 85.8 Å². The van der Waals surface area contributed by atoms with Crippen molar-refractivity contribution in [2.24, 2.45) is 0 Å². The molecule has 0 aliphatic rings. The van der Waals surface area contributed by atoms with Gasteiger partial charge in [-0.1, -0.05) is 44.7 Å². The molecule has 1 heterocycles. The number of carbonyl (C=O) groups is 1. The summed E-state index contributed by atoms with van der Waals surface area (Å²) in [5.41, 5.74) is -1.51. The zero-order valence-electron chi connectivity index (χ0n) is 13.9. The standard InChI is InChI=1S/C15H18F3N5OS/c1-14(2,3)12-21-22-13(23(12)19)25-8-11(24)20-10-7-5-4-6-9(10)15(16,17)18/h4-7H,8,19H2,1-3H3,(H,20,24). The minimum absolute atomic E-state index is 0.147. The van der Waals surface area contributed by atoms with Crippen LogP contribution in [-0.4, -0.2) is 26.5 Å². The van der Waals surface area contributed by atoms with Crippen LogP contribution in [0.4, 0.5) is 18.9 Å². The molecular weight excluding hydrogens is 355 g/mol. The maximum Gasteiger partial charge on any atom is 0.418 e. The SMILES string of the molecule is CC(C)(C)c1nnc(SCC(=O)Nc2ccccc2C(F)(F)F)n1N. The Morgan fingerprint density at radius 1 is 1.24 bits per heavy atom. The minimum Gasteiger partial charge on any atom is -0.336 e. The number of anilines is 1. The number of thioether (sulfide) groups is 1. The Hall–Kier alpha value is -2.23. The highest BCUT2D eigenvalue weighted by Crippen LogP contribution is 2.34. The average Bonchev–Trinajstić information content (AvgIpc) is 2.85. The second-order valence-corrected chi connectivity index (χ2v) is 7.25. The van der Waals surface area contributed by atoms with Crippen molar-refractivity contribution >= 4 is 23.4 Å². The molecule has 0 fully saturated rings. The van der Waals surface area contributed by atoms with Crippen LogP contribution in [0.5, 0.6) is 0 Å². The molecule has 1 aromatic heterocycles. The van der Waals surface area contributed by atoms with Crippen LogP contribution in [0.3, 0.4) is 0 Å². The summed E-state index contributed by atoms with van der Waals surface area (Å²) in [6.07, 6.45) is -4.55. The summed E-state index contributed by atoms with van der Waals surface area (Å²) < 4.78 is 40.0. The largest absolute Gasteiger partial charge is 0.418 e. The third kappa shape index (κ3) is 4.65. The van der Waals surface area contributed by atoms with Gasteiger partial charge in [0.05, 0.1) is 17.0 Å². The Labute approximate surface area is 147 Å². The number of nitrogen functional groups attached to an aromatic ring is 1. The molecule has 3 N–H and O–H groups in total. The quantitative estimate of drug-likeness (QED) is 0.636. The fourth-order valence-electron chi connectivity index (χ4n) is 2.04. The first-order valence-corrected chi connectivity index (χ1v) is 8.28. The van der Waals surface area contributed by atoms with Gasteiger partial charge in [0.25, 0.3) is 0 Å². The molecule has 136 valence electrons. The van der Waals surface area contributed by atoms with E-state index >= 15 is 0 Å². The molecule has 2 aromatic rings. The number of amides is 1. The van der Waals surface area contributed by atoms with Crippen LogP contribution in [0, 0.1) is 0 Å². The van der Waals surface area contributed by atoms with Gasteiger partial charge in [0.1, 0.15) is 0 Å². The Balaban J connectivity index is 2.05. The van der Waals surface area contributed by atoms with E-state index in [1.807, 2.05) is 20.8 Å². The summed E-state index contributed by atoms with van der Waals surface area (Å²) in [6.45, 7) is 5.74. The first-order chi connectivity index (χ1) is 11.5. The van der Waals surface area contributed by atoms with Gasteiger partial charge in [-0.2, -0.15) is 13.2 Å². The van der Waals surface area contributed by atoms with Gasteiger partial charge in [-0.05, 0) is 12.1 Å². The Bertz CT molecular complexity index is 767. The molecular formula is C15H18F3N5OS. The fraction of sp³-hybridized carbons (Fsp3) is 0.400. The number of halogens is 3. The molecule has 0 aliphatic carbocycles. The molecule has 0 spiro atoms. The van der Waals surface area contributed by atoms with Gasteiger partial charge in [0.15, 0.2) is 5.82 Å². The van der Waals surface area contributed by atoms with E-state index < -0.39 is 17.6 Å². The maximum atomic E-state index is 12.9. The van der Waals surface area contributed by atoms with E-state index in [9.17, 15) is 18.0 Å². The van der Waals surface area contributed by atoms with Gasteiger partial charge < -0.3 is 11.2 Å². The van der Waals surface area contributed by atoms with Crippen molar-refractivity contribution in [1.82, 2.24) is 14.9 Å². The van der Waals surface area contributed by atoms with Gasteiger partial charge in [0.2, 0.25) is 11.1 Å². The number of hydrogen-bond acceptors (Lipinski definition) is 5. The van der Waals surface area contributed by atoms with Gasteiger partial charge in [0, 0.05) is 5.41 Å². The van der Waals surface area contributed by atoms with Gasteiger partial charge in [-0.3, -0.25) is 4.79 Å². The van der Waals surface area contributed by atoms with E-state index in [-0.39, 0.29) is 16.9 Å². The molecule has 0 atom stereocenters. The predicted octanol–water partition coefficient (Wildman–Crippen LogP) is 3.04. The number of rotatable bonds is 4. The van der Waals surface area contributed by atoms with Gasteiger partial charge >= 0.3 is 6.18 Å². The molecule has 6 nitrogen and oxygen atoms in total. The number of alkyl halides is 3. The highest BCUT2D eigenvalue weighted by Gasteiger charge is 2.33. The normalized spacial score (nSPS) is 12.2. The third-order valence-corrected chi connectivity index (χ3v) is 4.12. The number of carbonyl (C=O) groups excluding carboxylic acids is 1. The summed E-state index contributed by atoms with van der Waals surface area (Å²) in [5.74, 6) is 5.70. The second kappa shape index (κ2) is 6.95. The van der Waals surface area contributed by atoms with Crippen LogP contribution in [0.15, 0.2) is 29.4 Å². The number of hydrogen-bond donors (Lipinski definition) is 2. The van der Waals surface area contributed by atoms with E-state index in [0.717, 1.165) is 17.8 Å². The van der Waals surface area contributed by atoms with Crippen LogP contribution < -0.4 is 11.2 Å². The number of nitrogens with zero attached hydrogens (tertiary/aromatic N) is 3. The molecule has 1 amide bonds. The summed E-state index contributed by atoms with van der Waals surface area (Å²) in [6, 6.07) is 4.80. The van der Waals surface area contributed by atoms with E-state index in [0.29, 0.717) is 11.0 Å². The summed E-state index contributed by atoms with van der Waals surface area (Å²) in [5, 5.41) is 10.5. The fourth-order valence-corrected chi connectivity index (χ4v) is 2.70. The van der Waals surface area contributed by atoms with E-state index in [4.69, 9.17) is 5.84 Å². The van der Waals surface area contributed by atoms with Crippen LogP contribution in [0.25, 0.3) is 0 Å². The number of nitrogens with two attached hydrogens (primary N) is 1. The Kier molecular flexibility index (Phi) is 5.31. The van der Waals surface area contributed by atoms with Crippen LogP contribution in [-0.2, 0) is 16.4 Å². The Morgan fingerprint density at radius 2 is 1.88 bits per heavy atom.